The first-order valence-corrected chi connectivity index (χ1v) is 9.68. The predicted octanol–water partition coefficient (Wildman–Crippen LogP) is 4.52. The predicted molar refractivity (Wildman–Crippen MR) is 120 cm³/mol. The second-order valence-electron chi connectivity index (χ2n) is 7.51. The van der Waals surface area contributed by atoms with Crippen molar-refractivity contribution in [1.29, 1.82) is 0 Å². The van der Waals surface area contributed by atoms with Gasteiger partial charge in [0.15, 0.2) is 0 Å². The SMILES string of the molecule is CC(C)C(=O)CC(CCc1ccccc1N)NC(=O)c1ccc2cc[nH]c2c1.Cl. The van der Waals surface area contributed by atoms with Gasteiger partial charge in [0.05, 0.1) is 0 Å². The number of benzene rings is 2. The number of carbonyl (C=O) groups excluding carboxylic acids is 2. The lowest BCUT2D eigenvalue weighted by Gasteiger charge is -2.20. The van der Waals surface area contributed by atoms with Gasteiger partial charge in [0.2, 0.25) is 0 Å². The molecular weight excluding hydrogens is 386 g/mol. The lowest BCUT2D eigenvalue weighted by Crippen LogP contribution is -2.37. The fourth-order valence-electron chi connectivity index (χ4n) is 3.25. The van der Waals surface area contributed by atoms with Crippen LogP contribution in [0.4, 0.5) is 5.69 Å². The number of hydrogen-bond donors (Lipinski definition) is 3. The highest BCUT2D eigenvalue weighted by Gasteiger charge is 2.20. The molecule has 0 saturated heterocycles. The minimum Gasteiger partial charge on any atom is -0.399 e. The van der Waals surface area contributed by atoms with Crippen LogP contribution in [-0.4, -0.2) is 22.7 Å². The second-order valence-corrected chi connectivity index (χ2v) is 7.51. The molecule has 5 nitrogen and oxygen atoms in total. The van der Waals surface area contributed by atoms with Crippen molar-refractivity contribution >= 4 is 40.7 Å². The zero-order valence-electron chi connectivity index (χ0n) is 16.8. The van der Waals surface area contributed by atoms with Gasteiger partial charge in [-0.05, 0) is 48.1 Å². The Balaban J connectivity index is 0.00000300. The van der Waals surface area contributed by atoms with Crippen molar-refractivity contribution in [3.8, 4) is 0 Å². The molecule has 3 aromatic rings. The molecule has 0 aliphatic rings. The fraction of sp³-hybridized carbons (Fsp3) is 0.304. The molecule has 0 radical (unpaired) electrons. The van der Waals surface area contributed by atoms with Gasteiger partial charge in [0.1, 0.15) is 5.78 Å². The average molecular weight is 414 g/mol. The number of aromatic nitrogens is 1. The van der Waals surface area contributed by atoms with E-state index in [1.54, 1.807) is 0 Å². The number of halogens is 1. The van der Waals surface area contributed by atoms with Crippen LogP contribution >= 0.6 is 12.4 Å². The summed E-state index contributed by atoms with van der Waals surface area (Å²) < 4.78 is 0. The van der Waals surface area contributed by atoms with Crippen LogP contribution in [0.25, 0.3) is 10.9 Å². The van der Waals surface area contributed by atoms with Crippen LogP contribution in [0, 0.1) is 5.92 Å². The third-order valence-electron chi connectivity index (χ3n) is 5.06. The van der Waals surface area contributed by atoms with Gasteiger partial charge < -0.3 is 16.0 Å². The summed E-state index contributed by atoms with van der Waals surface area (Å²) >= 11 is 0. The van der Waals surface area contributed by atoms with Crippen molar-refractivity contribution in [3.05, 3.63) is 65.9 Å². The third-order valence-corrected chi connectivity index (χ3v) is 5.06. The molecular formula is C23H28ClN3O2. The Morgan fingerprint density at radius 3 is 2.59 bits per heavy atom. The first kappa shape index (κ1) is 22.5. The number of para-hydroxylation sites is 1. The maximum absolute atomic E-state index is 12.8. The van der Waals surface area contributed by atoms with Crippen LogP contribution in [0.3, 0.4) is 0 Å². The van der Waals surface area contributed by atoms with Crippen molar-refractivity contribution in [2.45, 2.75) is 39.2 Å². The average Bonchev–Trinajstić information content (AvgIpc) is 3.14. The van der Waals surface area contributed by atoms with Gasteiger partial charge in [-0.3, -0.25) is 9.59 Å². The number of nitrogens with one attached hydrogen (secondary N) is 2. The molecule has 3 rings (SSSR count). The first-order chi connectivity index (χ1) is 13.4. The van der Waals surface area contributed by atoms with Crippen molar-refractivity contribution in [2.24, 2.45) is 5.92 Å². The Morgan fingerprint density at radius 1 is 1.10 bits per heavy atom. The smallest absolute Gasteiger partial charge is 0.251 e. The van der Waals surface area contributed by atoms with E-state index in [0.29, 0.717) is 24.8 Å². The monoisotopic (exact) mass is 413 g/mol. The Bertz CT molecular complexity index is 981. The maximum atomic E-state index is 12.8. The molecule has 1 unspecified atom stereocenters. The summed E-state index contributed by atoms with van der Waals surface area (Å²) in [6.45, 7) is 3.77. The van der Waals surface area contributed by atoms with E-state index in [-0.39, 0.29) is 36.1 Å². The Morgan fingerprint density at radius 2 is 1.86 bits per heavy atom. The van der Waals surface area contributed by atoms with Crippen LogP contribution in [0.15, 0.2) is 54.7 Å². The highest BCUT2D eigenvalue weighted by Crippen LogP contribution is 2.17. The van der Waals surface area contributed by atoms with Crippen LogP contribution in [0.2, 0.25) is 0 Å². The number of aryl methyl sites for hydroxylation is 1. The van der Waals surface area contributed by atoms with Crippen molar-refractivity contribution in [1.82, 2.24) is 10.3 Å². The molecule has 0 fully saturated rings. The Kier molecular flexibility index (Phi) is 7.85. The van der Waals surface area contributed by atoms with Gasteiger partial charge in [-0.25, -0.2) is 0 Å². The molecule has 0 bridgehead atoms. The normalized spacial score (nSPS) is 11.8. The Hall–Kier alpha value is -2.79. The second kappa shape index (κ2) is 10.1. The molecule has 1 heterocycles. The number of hydrogen-bond acceptors (Lipinski definition) is 3. The number of rotatable bonds is 8. The number of carbonyl (C=O) groups is 2. The molecule has 0 aliphatic heterocycles. The number of fused-ring (bicyclic) bond motifs is 1. The lowest BCUT2D eigenvalue weighted by molar-refractivity contribution is -0.122. The number of ketones is 1. The number of nitrogen functional groups attached to an aromatic ring is 1. The molecule has 6 heteroatoms. The van der Waals surface area contributed by atoms with Gasteiger partial charge >= 0.3 is 0 Å². The highest BCUT2D eigenvalue weighted by atomic mass is 35.5. The minimum absolute atomic E-state index is 0. The van der Waals surface area contributed by atoms with Crippen molar-refractivity contribution < 1.29 is 9.59 Å². The Labute approximate surface area is 177 Å². The molecule has 0 spiro atoms. The van der Waals surface area contributed by atoms with Gasteiger partial charge in [-0.1, -0.05) is 38.1 Å². The molecule has 1 amide bonds. The van der Waals surface area contributed by atoms with Crippen LogP contribution in [0.5, 0.6) is 0 Å². The van der Waals surface area contributed by atoms with E-state index in [1.807, 2.05) is 68.6 Å². The number of H-pyrrole nitrogens is 1. The van der Waals surface area contributed by atoms with Gasteiger partial charge in [0, 0.05) is 41.3 Å². The topological polar surface area (TPSA) is 88.0 Å². The molecule has 0 saturated carbocycles. The quantitative estimate of drug-likeness (QED) is 0.474. The summed E-state index contributed by atoms with van der Waals surface area (Å²) in [6, 6.07) is 15.0. The largest absolute Gasteiger partial charge is 0.399 e. The zero-order valence-corrected chi connectivity index (χ0v) is 17.6. The van der Waals surface area contributed by atoms with E-state index >= 15 is 0 Å². The third kappa shape index (κ3) is 5.84. The molecule has 1 atom stereocenters. The lowest BCUT2D eigenvalue weighted by atomic mass is 9.96. The molecule has 2 aromatic carbocycles. The van der Waals surface area contributed by atoms with Crippen molar-refractivity contribution in [3.63, 3.8) is 0 Å². The molecule has 4 N–H and O–H groups in total. The zero-order chi connectivity index (χ0) is 20.1. The maximum Gasteiger partial charge on any atom is 0.251 e. The van der Waals surface area contributed by atoms with E-state index in [0.717, 1.165) is 22.2 Å². The van der Waals surface area contributed by atoms with E-state index < -0.39 is 0 Å². The van der Waals surface area contributed by atoms with Crippen molar-refractivity contribution in [2.75, 3.05) is 5.73 Å². The van der Waals surface area contributed by atoms with Gasteiger partial charge in [-0.2, -0.15) is 0 Å². The van der Waals surface area contributed by atoms with E-state index in [4.69, 9.17) is 5.73 Å². The van der Waals surface area contributed by atoms with Crippen LogP contribution < -0.4 is 11.1 Å². The van der Waals surface area contributed by atoms with E-state index in [2.05, 4.69) is 10.3 Å². The van der Waals surface area contributed by atoms with Crippen LogP contribution in [0.1, 0.15) is 42.6 Å². The standard InChI is InChI=1S/C23H27N3O2.ClH/c1-15(2)22(27)14-19(10-9-16-5-3-4-6-20(16)24)26-23(28)18-8-7-17-11-12-25-21(17)13-18;/h3-8,11-13,15,19,25H,9-10,14,24H2,1-2H3,(H,26,28);1H. The number of aromatic amines is 1. The van der Waals surface area contributed by atoms with Crippen LogP contribution in [-0.2, 0) is 11.2 Å². The number of anilines is 1. The molecule has 29 heavy (non-hydrogen) atoms. The number of nitrogens with two attached hydrogens (primary N) is 1. The van der Waals surface area contributed by atoms with E-state index in [9.17, 15) is 9.59 Å². The first-order valence-electron chi connectivity index (χ1n) is 9.68. The summed E-state index contributed by atoms with van der Waals surface area (Å²) in [5, 5.41) is 4.11. The summed E-state index contributed by atoms with van der Waals surface area (Å²) in [5.41, 5.74) is 9.30. The summed E-state index contributed by atoms with van der Waals surface area (Å²) in [6.07, 6.45) is 3.53. The fourth-order valence-corrected chi connectivity index (χ4v) is 3.25. The van der Waals surface area contributed by atoms with Gasteiger partial charge in [-0.15, -0.1) is 12.4 Å². The summed E-state index contributed by atoms with van der Waals surface area (Å²) in [5.74, 6) is -0.0818. The summed E-state index contributed by atoms with van der Waals surface area (Å²) in [7, 11) is 0. The number of amides is 1. The van der Waals surface area contributed by atoms with E-state index in [1.165, 1.54) is 0 Å². The minimum atomic E-state index is -0.235. The molecule has 154 valence electrons. The molecule has 1 aromatic heterocycles. The number of Topliss-reactive ketones (excluding diaryl/α,β-unsaturated/α-hetero) is 1. The summed E-state index contributed by atoms with van der Waals surface area (Å²) in [4.78, 5) is 28.2. The molecule has 0 aliphatic carbocycles. The highest BCUT2D eigenvalue weighted by molar-refractivity contribution is 5.98. The van der Waals surface area contributed by atoms with Gasteiger partial charge in [0.25, 0.3) is 5.91 Å².